The Labute approximate surface area is 122 Å². The summed E-state index contributed by atoms with van der Waals surface area (Å²) in [6.07, 6.45) is 1.85. The molecule has 0 amide bonds. The molecular formula is C14H13Cl2N3. The van der Waals surface area contributed by atoms with Crippen molar-refractivity contribution in [1.82, 2.24) is 10.2 Å². The van der Waals surface area contributed by atoms with Gasteiger partial charge in [0.15, 0.2) is 11.0 Å². The van der Waals surface area contributed by atoms with Crippen molar-refractivity contribution < 1.29 is 0 Å². The quantitative estimate of drug-likeness (QED) is 0.840. The zero-order valence-corrected chi connectivity index (χ0v) is 11.9. The van der Waals surface area contributed by atoms with Crippen molar-refractivity contribution in [2.75, 3.05) is 11.4 Å². The van der Waals surface area contributed by atoms with Crippen LogP contribution in [0.4, 0.5) is 11.5 Å². The first-order valence-corrected chi connectivity index (χ1v) is 6.61. The summed E-state index contributed by atoms with van der Waals surface area (Å²) in [5.41, 5.74) is 3.48. The van der Waals surface area contributed by atoms with Gasteiger partial charge in [-0.2, -0.15) is 0 Å². The Morgan fingerprint density at radius 2 is 1.95 bits per heavy atom. The summed E-state index contributed by atoms with van der Waals surface area (Å²) in [5.74, 6) is 0.769. The molecule has 0 saturated heterocycles. The van der Waals surface area contributed by atoms with Gasteiger partial charge >= 0.3 is 0 Å². The fourth-order valence-corrected chi connectivity index (χ4v) is 2.06. The second kappa shape index (κ2) is 6.55. The van der Waals surface area contributed by atoms with E-state index < -0.39 is 0 Å². The highest BCUT2D eigenvalue weighted by Crippen LogP contribution is 2.26. The predicted octanol–water partition coefficient (Wildman–Crippen LogP) is 4.33. The van der Waals surface area contributed by atoms with E-state index in [9.17, 15) is 0 Å². The normalized spacial score (nSPS) is 10.9. The molecule has 3 nitrogen and oxygen atoms in total. The van der Waals surface area contributed by atoms with Crippen LogP contribution in [0.15, 0.2) is 48.0 Å². The van der Waals surface area contributed by atoms with Gasteiger partial charge in [-0.3, -0.25) is 0 Å². The van der Waals surface area contributed by atoms with E-state index >= 15 is 0 Å². The molecule has 0 bridgehead atoms. The molecule has 1 aromatic carbocycles. The lowest BCUT2D eigenvalue weighted by molar-refractivity contribution is 0.946. The molecule has 0 fully saturated rings. The summed E-state index contributed by atoms with van der Waals surface area (Å²) in [7, 11) is 0. The number of anilines is 2. The van der Waals surface area contributed by atoms with E-state index in [1.165, 1.54) is 5.54 Å². The first-order chi connectivity index (χ1) is 9.22. The zero-order valence-electron chi connectivity index (χ0n) is 10.4. The SMILES string of the molecule is Cc1cc(Cl)nnc1N(C/C=C/Cl)c1ccccc1. The van der Waals surface area contributed by atoms with Crippen LogP contribution < -0.4 is 4.90 Å². The van der Waals surface area contributed by atoms with Crippen LogP contribution in [0.2, 0.25) is 5.15 Å². The minimum absolute atomic E-state index is 0.391. The fraction of sp³-hybridized carbons (Fsp3) is 0.143. The minimum Gasteiger partial charge on any atom is -0.321 e. The maximum absolute atomic E-state index is 5.84. The molecule has 19 heavy (non-hydrogen) atoms. The monoisotopic (exact) mass is 293 g/mol. The topological polar surface area (TPSA) is 29.0 Å². The first-order valence-electron chi connectivity index (χ1n) is 5.80. The number of nitrogens with zero attached hydrogens (tertiary/aromatic N) is 3. The number of aryl methyl sites for hydroxylation is 1. The van der Waals surface area contributed by atoms with E-state index in [0.717, 1.165) is 17.1 Å². The van der Waals surface area contributed by atoms with Crippen LogP contribution in [0.1, 0.15) is 5.56 Å². The summed E-state index contributed by atoms with van der Waals surface area (Å²) < 4.78 is 0. The predicted molar refractivity (Wildman–Crippen MR) is 80.2 cm³/mol. The largest absolute Gasteiger partial charge is 0.321 e. The van der Waals surface area contributed by atoms with E-state index in [2.05, 4.69) is 10.2 Å². The Kier molecular flexibility index (Phi) is 4.77. The number of hydrogen-bond donors (Lipinski definition) is 0. The highest BCUT2D eigenvalue weighted by Gasteiger charge is 2.12. The van der Waals surface area contributed by atoms with Crippen molar-refractivity contribution in [2.24, 2.45) is 0 Å². The van der Waals surface area contributed by atoms with E-state index in [1.54, 1.807) is 6.07 Å². The summed E-state index contributed by atoms with van der Waals surface area (Å²) in [4.78, 5) is 2.03. The second-order valence-corrected chi connectivity index (χ2v) is 4.62. The zero-order chi connectivity index (χ0) is 13.7. The van der Waals surface area contributed by atoms with Crippen molar-refractivity contribution in [3.05, 3.63) is 58.7 Å². The number of benzene rings is 1. The van der Waals surface area contributed by atoms with E-state index in [4.69, 9.17) is 23.2 Å². The summed E-state index contributed by atoms with van der Waals surface area (Å²) in [6.45, 7) is 2.57. The maximum atomic E-state index is 5.84. The van der Waals surface area contributed by atoms with Crippen LogP contribution in [0.25, 0.3) is 0 Å². The van der Waals surface area contributed by atoms with Gasteiger partial charge in [0, 0.05) is 17.8 Å². The highest BCUT2D eigenvalue weighted by molar-refractivity contribution is 6.29. The fourth-order valence-electron chi connectivity index (χ4n) is 1.78. The third kappa shape index (κ3) is 3.46. The average Bonchev–Trinajstić information content (AvgIpc) is 2.42. The lowest BCUT2D eigenvalue weighted by Crippen LogP contribution is -2.19. The maximum Gasteiger partial charge on any atom is 0.159 e. The van der Waals surface area contributed by atoms with Gasteiger partial charge in [-0.05, 0) is 30.7 Å². The number of para-hydroxylation sites is 1. The Morgan fingerprint density at radius 1 is 1.21 bits per heavy atom. The summed E-state index contributed by atoms with van der Waals surface area (Å²) in [6, 6.07) is 11.7. The molecular weight excluding hydrogens is 281 g/mol. The molecule has 0 radical (unpaired) electrons. The number of rotatable bonds is 4. The lowest BCUT2D eigenvalue weighted by atomic mass is 10.2. The Bertz CT molecular complexity index is 570. The molecule has 2 aromatic rings. The molecule has 0 aliphatic rings. The number of hydrogen-bond acceptors (Lipinski definition) is 3. The van der Waals surface area contributed by atoms with Crippen LogP contribution in [-0.2, 0) is 0 Å². The smallest absolute Gasteiger partial charge is 0.159 e. The van der Waals surface area contributed by atoms with Gasteiger partial charge in [-0.1, -0.05) is 47.5 Å². The standard InChI is InChI=1S/C14H13Cl2N3/c1-11-10-13(16)17-18-14(11)19(9-5-8-15)12-6-3-2-4-7-12/h2-8,10H,9H2,1H3/b8-5+. The molecule has 0 N–H and O–H groups in total. The van der Waals surface area contributed by atoms with Gasteiger partial charge in [-0.25, -0.2) is 0 Å². The highest BCUT2D eigenvalue weighted by atomic mass is 35.5. The van der Waals surface area contributed by atoms with E-state index in [1.807, 2.05) is 48.2 Å². The van der Waals surface area contributed by atoms with Gasteiger partial charge in [0.25, 0.3) is 0 Å². The Balaban J connectivity index is 2.43. The average molecular weight is 294 g/mol. The molecule has 0 spiro atoms. The van der Waals surface area contributed by atoms with Gasteiger partial charge in [0.1, 0.15) is 0 Å². The minimum atomic E-state index is 0.391. The van der Waals surface area contributed by atoms with Gasteiger partial charge in [0.2, 0.25) is 0 Å². The summed E-state index contributed by atoms with van der Waals surface area (Å²) in [5, 5.41) is 8.48. The van der Waals surface area contributed by atoms with Crippen LogP contribution in [0.3, 0.4) is 0 Å². The van der Waals surface area contributed by atoms with Crippen LogP contribution in [-0.4, -0.2) is 16.7 Å². The first kappa shape index (κ1) is 13.8. The second-order valence-electron chi connectivity index (χ2n) is 3.98. The van der Waals surface area contributed by atoms with Gasteiger partial charge in [-0.15, -0.1) is 10.2 Å². The van der Waals surface area contributed by atoms with Crippen molar-refractivity contribution in [3.63, 3.8) is 0 Å². The van der Waals surface area contributed by atoms with E-state index in [0.29, 0.717) is 11.7 Å². The molecule has 98 valence electrons. The van der Waals surface area contributed by atoms with Crippen molar-refractivity contribution in [1.29, 1.82) is 0 Å². The van der Waals surface area contributed by atoms with E-state index in [-0.39, 0.29) is 0 Å². The van der Waals surface area contributed by atoms with Crippen molar-refractivity contribution in [2.45, 2.75) is 6.92 Å². The molecule has 1 aromatic heterocycles. The third-order valence-corrected chi connectivity index (χ3v) is 2.99. The van der Waals surface area contributed by atoms with Crippen LogP contribution >= 0.6 is 23.2 Å². The number of aromatic nitrogens is 2. The van der Waals surface area contributed by atoms with Crippen molar-refractivity contribution in [3.8, 4) is 0 Å². The third-order valence-electron chi connectivity index (χ3n) is 2.63. The Hall–Kier alpha value is -1.58. The van der Waals surface area contributed by atoms with Gasteiger partial charge in [0.05, 0.1) is 0 Å². The van der Waals surface area contributed by atoms with Crippen LogP contribution in [0, 0.1) is 6.92 Å². The number of halogens is 2. The molecule has 0 aliphatic heterocycles. The van der Waals surface area contributed by atoms with Crippen molar-refractivity contribution >= 4 is 34.7 Å². The molecule has 0 atom stereocenters. The molecule has 0 unspecified atom stereocenters. The summed E-state index contributed by atoms with van der Waals surface area (Å²) >= 11 is 11.5. The molecule has 0 saturated carbocycles. The molecule has 1 heterocycles. The lowest BCUT2D eigenvalue weighted by Gasteiger charge is -2.23. The van der Waals surface area contributed by atoms with Crippen LogP contribution in [0.5, 0.6) is 0 Å². The Morgan fingerprint density at radius 3 is 2.58 bits per heavy atom. The molecule has 5 heteroatoms. The molecule has 0 aliphatic carbocycles. The molecule has 2 rings (SSSR count). The van der Waals surface area contributed by atoms with Gasteiger partial charge < -0.3 is 4.90 Å².